The Morgan fingerprint density at radius 2 is 2.00 bits per heavy atom. The molecular formula is C23H21N5O4. The lowest BCUT2D eigenvalue weighted by Crippen LogP contribution is -2.35. The van der Waals surface area contributed by atoms with E-state index in [1.165, 1.54) is 10.5 Å². The van der Waals surface area contributed by atoms with Crippen molar-refractivity contribution in [3.63, 3.8) is 0 Å². The normalized spacial score (nSPS) is 12.6. The molecule has 0 unspecified atom stereocenters. The zero-order valence-corrected chi connectivity index (χ0v) is 17.6. The first-order valence-corrected chi connectivity index (χ1v) is 10.2. The van der Waals surface area contributed by atoms with Crippen LogP contribution < -0.4 is 25.8 Å². The molecule has 2 N–H and O–H groups in total. The zero-order chi connectivity index (χ0) is 22.4. The highest BCUT2D eigenvalue weighted by molar-refractivity contribution is 5.96. The van der Waals surface area contributed by atoms with E-state index in [2.05, 4.69) is 10.3 Å². The van der Waals surface area contributed by atoms with Crippen LogP contribution >= 0.6 is 0 Å². The number of ether oxygens (including phenoxy) is 2. The Kier molecular flexibility index (Phi) is 4.66. The SMILES string of the molecule is CC(C)n1c(=N)c(C(=O)NCc2ccc3c(c2)OCO3)cc2c(=O)n3ccccc3nc21. The van der Waals surface area contributed by atoms with Gasteiger partial charge in [0.2, 0.25) is 6.79 Å². The van der Waals surface area contributed by atoms with Gasteiger partial charge in [-0.3, -0.25) is 19.4 Å². The summed E-state index contributed by atoms with van der Waals surface area (Å²) in [5.74, 6) is 0.856. The Hall–Kier alpha value is -4.14. The second kappa shape index (κ2) is 7.52. The number of fused-ring (bicyclic) bond motifs is 3. The number of pyridine rings is 2. The Bertz CT molecular complexity index is 1500. The third-order valence-electron chi connectivity index (χ3n) is 5.41. The first kappa shape index (κ1) is 19.8. The Morgan fingerprint density at radius 3 is 2.81 bits per heavy atom. The number of amides is 1. The molecule has 32 heavy (non-hydrogen) atoms. The molecule has 0 saturated heterocycles. The summed E-state index contributed by atoms with van der Waals surface area (Å²) >= 11 is 0. The Morgan fingerprint density at radius 1 is 1.19 bits per heavy atom. The lowest BCUT2D eigenvalue weighted by Gasteiger charge is -2.17. The van der Waals surface area contributed by atoms with Gasteiger partial charge in [0.05, 0.1) is 10.9 Å². The van der Waals surface area contributed by atoms with Crippen LogP contribution in [0.1, 0.15) is 35.8 Å². The minimum atomic E-state index is -0.443. The van der Waals surface area contributed by atoms with Gasteiger partial charge in [-0.1, -0.05) is 12.1 Å². The summed E-state index contributed by atoms with van der Waals surface area (Å²) in [6.07, 6.45) is 1.64. The van der Waals surface area contributed by atoms with Gasteiger partial charge in [-0.15, -0.1) is 0 Å². The van der Waals surface area contributed by atoms with Crippen molar-refractivity contribution >= 4 is 22.6 Å². The molecule has 1 amide bonds. The molecule has 4 aromatic rings. The maximum atomic E-state index is 13.1. The predicted octanol–water partition coefficient (Wildman–Crippen LogP) is 2.37. The second-order valence-corrected chi connectivity index (χ2v) is 7.82. The number of hydrogen-bond acceptors (Lipinski definition) is 6. The summed E-state index contributed by atoms with van der Waals surface area (Å²) in [5, 5.41) is 11.8. The van der Waals surface area contributed by atoms with Crippen molar-refractivity contribution in [2.75, 3.05) is 6.79 Å². The maximum Gasteiger partial charge on any atom is 0.267 e. The maximum absolute atomic E-state index is 13.1. The number of nitrogens with zero attached hydrogens (tertiary/aromatic N) is 3. The number of aromatic nitrogens is 3. The van der Waals surface area contributed by atoms with Crippen LogP contribution in [0.3, 0.4) is 0 Å². The van der Waals surface area contributed by atoms with E-state index >= 15 is 0 Å². The molecule has 1 aliphatic heterocycles. The van der Waals surface area contributed by atoms with Gasteiger partial charge in [-0.2, -0.15) is 0 Å². The van der Waals surface area contributed by atoms with Crippen LogP contribution in [0.15, 0.2) is 53.5 Å². The third kappa shape index (κ3) is 3.18. The predicted molar refractivity (Wildman–Crippen MR) is 117 cm³/mol. The van der Waals surface area contributed by atoms with Crippen LogP contribution in [-0.2, 0) is 6.54 Å². The lowest BCUT2D eigenvalue weighted by molar-refractivity contribution is 0.0948. The molecule has 9 nitrogen and oxygen atoms in total. The smallest absolute Gasteiger partial charge is 0.267 e. The average molecular weight is 431 g/mol. The summed E-state index contributed by atoms with van der Waals surface area (Å²) in [5.41, 5.74) is 1.53. The minimum Gasteiger partial charge on any atom is -0.454 e. The van der Waals surface area contributed by atoms with Crippen molar-refractivity contribution in [2.45, 2.75) is 26.4 Å². The highest BCUT2D eigenvalue weighted by Crippen LogP contribution is 2.32. The molecule has 5 rings (SSSR count). The van der Waals surface area contributed by atoms with Gasteiger partial charge in [0.15, 0.2) is 11.5 Å². The number of carbonyl (C=O) groups excluding carboxylic acids is 1. The van der Waals surface area contributed by atoms with Crippen molar-refractivity contribution in [1.29, 1.82) is 5.41 Å². The molecular weight excluding hydrogens is 410 g/mol. The molecule has 1 aromatic carbocycles. The van der Waals surface area contributed by atoms with Crippen LogP contribution in [-0.4, -0.2) is 26.7 Å². The van der Waals surface area contributed by atoms with Crippen LogP contribution in [0.4, 0.5) is 0 Å². The number of rotatable bonds is 4. The van der Waals surface area contributed by atoms with Gasteiger partial charge < -0.3 is 19.4 Å². The van der Waals surface area contributed by atoms with E-state index in [0.717, 1.165) is 5.56 Å². The quantitative estimate of drug-likeness (QED) is 0.482. The van der Waals surface area contributed by atoms with E-state index in [0.29, 0.717) is 22.8 Å². The van der Waals surface area contributed by atoms with Crippen LogP contribution in [0, 0.1) is 5.41 Å². The Balaban J connectivity index is 1.57. The standard InChI is InChI=1S/C23H21N5O4/c1-13(2)28-20(24)15(10-16-21(28)26-19-5-3-4-8-27(19)23(16)30)22(29)25-11-14-6-7-17-18(9-14)32-12-31-17/h3-10,13,24H,11-12H2,1-2H3,(H,25,29). The molecule has 0 bridgehead atoms. The number of nitrogens with one attached hydrogen (secondary N) is 2. The van der Waals surface area contributed by atoms with Gasteiger partial charge in [0, 0.05) is 18.8 Å². The van der Waals surface area contributed by atoms with Gasteiger partial charge in [-0.25, -0.2) is 4.98 Å². The molecule has 9 heteroatoms. The molecule has 0 radical (unpaired) electrons. The second-order valence-electron chi connectivity index (χ2n) is 7.82. The van der Waals surface area contributed by atoms with Crippen molar-refractivity contribution in [2.24, 2.45) is 0 Å². The molecule has 0 saturated carbocycles. The van der Waals surface area contributed by atoms with E-state index < -0.39 is 5.91 Å². The van der Waals surface area contributed by atoms with Gasteiger partial charge in [0.1, 0.15) is 16.8 Å². The van der Waals surface area contributed by atoms with E-state index in [-0.39, 0.29) is 41.4 Å². The summed E-state index contributed by atoms with van der Waals surface area (Å²) < 4.78 is 13.7. The first-order valence-electron chi connectivity index (χ1n) is 10.2. The number of carbonyl (C=O) groups is 1. The van der Waals surface area contributed by atoms with E-state index in [1.54, 1.807) is 41.1 Å². The molecule has 162 valence electrons. The van der Waals surface area contributed by atoms with Crippen molar-refractivity contribution in [3.8, 4) is 11.5 Å². The largest absolute Gasteiger partial charge is 0.454 e. The van der Waals surface area contributed by atoms with Gasteiger partial charge >= 0.3 is 0 Å². The van der Waals surface area contributed by atoms with Crippen LogP contribution in [0.2, 0.25) is 0 Å². The van der Waals surface area contributed by atoms with Crippen LogP contribution in [0.25, 0.3) is 16.7 Å². The monoisotopic (exact) mass is 431 g/mol. The summed E-state index contributed by atoms with van der Waals surface area (Å²) in [6.45, 7) is 4.20. The molecule has 0 atom stereocenters. The first-order chi connectivity index (χ1) is 15.4. The van der Waals surface area contributed by atoms with E-state index in [4.69, 9.17) is 14.9 Å². The summed E-state index contributed by atoms with van der Waals surface area (Å²) in [7, 11) is 0. The van der Waals surface area contributed by atoms with Gasteiger partial charge in [0.25, 0.3) is 11.5 Å². The average Bonchev–Trinajstić information content (AvgIpc) is 3.25. The number of hydrogen-bond donors (Lipinski definition) is 2. The highest BCUT2D eigenvalue weighted by atomic mass is 16.7. The lowest BCUT2D eigenvalue weighted by atomic mass is 10.1. The minimum absolute atomic E-state index is 0.00266. The molecule has 1 aliphatic rings. The summed E-state index contributed by atoms with van der Waals surface area (Å²) in [6, 6.07) is 12.0. The molecule has 3 aromatic heterocycles. The van der Waals surface area contributed by atoms with Crippen molar-refractivity contribution < 1.29 is 14.3 Å². The number of benzene rings is 1. The molecule has 0 spiro atoms. The van der Waals surface area contributed by atoms with Crippen LogP contribution in [0.5, 0.6) is 11.5 Å². The van der Waals surface area contributed by atoms with Crippen molar-refractivity contribution in [1.82, 2.24) is 19.3 Å². The summed E-state index contributed by atoms with van der Waals surface area (Å²) in [4.78, 5) is 30.8. The third-order valence-corrected chi connectivity index (χ3v) is 5.41. The highest BCUT2D eigenvalue weighted by Gasteiger charge is 2.19. The van der Waals surface area contributed by atoms with E-state index in [9.17, 15) is 9.59 Å². The Labute approximate surface area is 182 Å². The topological polar surface area (TPSA) is 111 Å². The fourth-order valence-electron chi connectivity index (χ4n) is 3.85. The van der Waals surface area contributed by atoms with Gasteiger partial charge in [-0.05, 0) is 49.7 Å². The molecule has 0 aliphatic carbocycles. The van der Waals surface area contributed by atoms with Crippen molar-refractivity contribution in [3.05, 3.63) is 75.6 Å². The molecule has 4 heterocycles. The molecule has 0 fully saturated rings. The zero-order valence-electron chi connectivity index (χ0n) is 17.6. The fourth-order valence-corrected chi connectivity index (χ4v) is 3.85. The van der Waals surface area contributed by atoms with E-state index in [1.807, 2.05) is 19.9 Å². The fraction of sp³-hybridized carbons (Fsp3) is 0.217.